The largest absolute Gasteiger partial charge is 0.356 e. The summed E-state index contributed by atoms with van der Waals surface area (Å²) < 4.78 is 0. The SMILES string of the molecule is CC(CCCl)CNC(=O)Cc1cccc(Cl)c1. The topological polar surface area (TPSA) is 29.1 Å². The first-order chi connectivity index (χ1) is 8.11. The summed E-state index contributed by atoms with van der Waals surface area (Å²) in [6.45, 7) is 2.74. The maximum absolute atomic E-state index is 11.6. The molecule has 94 valence electrons. The van der Waals surface area contributed by atoms with Crippen molar-refractivity contribution in [3.8, 4) is 0 Å². The Bertz CT molecular complexity index is 368. The van der Waals surface area contributed by atoms with Gasteiger partial charge in [0.2, 0.25) is 5.91 Å². The summed E-state index contributed by atoms with van der Waals surface area (Å²) in [7, 11) is 0. The quantitative estimate of drug-likeness (QED) is 0.792. The second kappa shape index (κ2) is 7.57. The first kappa shape index (κ1) is 14.3. The molecule has 0 fully saturated rings. The van der Waals surface area contributed by atoms with E-state index in [1.165, 1.54) is 0 Å². The molecule has 2 nitrogen and oxygen atoms in total. The Morgan fingerprint density at radius 1 is 1.47 bits per heavy atom. The van der Waals surface area contributed by atoms with Gasteiger partial charge in [-0.3, -0.25) is 4.79 Å². The minimum Gasteiger partial charge on any atom is -0.356 e. The predicted molar refractivity (Wildman–Crippen MR) is 72.7 cm³/mol. The first-order valence-electron chi connectivity index (χ1n) is 5.69. The van der Waals surface area contributed by atoms with Crippen molar-refractivity contribution >= 4 is 29.1 Å². The summed E-state index contributed by atoms with van der Waals surface area (Å²) in [6, 6.07) is 7.35. The van der Waals surface area contributed by atoms with Crippen LogP contribution in [-0.2, 0) is 11.2 Å². The van der Waals surface area contributed by atoms with E-state index < -0.39 is 0 Å². The van der Waals surface area contributed by atoms with Crippen LogP contribution in [0.4, 0.5) is 0 Å². The fourth-order valence-corrected chi connectivity index (χ4v) is 2.06. The Hall–Kier alpha value is -0.730. The molecule has 1 N–H and O–H groups in total. The molecule has 0 aliphatic rings. The average Bonchev–Trinajstić information content (AvgIpc) is 2.27. The number of hydrogen-bond donors (Lipinski definition) is 1. The maximum atomic E-state index is 11.6. The predicted octanol–water partition coefficient (Wildman–Crippen LogP) is 3.26. The molecule has 1 aromatic carbocycles. The van der Waals surface area contributed by atoms with Gasteiger partial charge in [0.05, 0.1) is 6.42 Å². The molecule has 1 atom stereocenters. The van der Waals surface area contributed by atoms with Crippen molar-refractivity contribution in [2.45, 2.75) is 19.8 Å². The van der Waals surface area contributed by atoms with E-state index in [-0.39, 0.29) is 5.91 Å². The minimum atomic E-state index is 0.0219. The van der Waals surface area contributed by atoms with Crippen molar-refractivity contribution in [1.82, 2.24) is 5.32 Å². The van der Waals surface area contributed by atoms with Gasteiger partial charge in [0.15, 0.2) is 0 Å². The van der Waals surface area contributed by atoms with E-state index in [9.17, 15) is 4.79 Å². The standard InChI is InChI=1S/C13H17Cl2NO/c1-10(5-6-14)9-16-13(17)8-11-3-2-4-12(15)7-11/h2-4,7,10H,5-6,8-9H2,1H3,(H,16,17). The molecule has 0 aliphatic carbocycles. The third-order valence-electron chi connectivity index (χ3n) is 2.50. The lowest BCUT2D eigenvalue weighted by Crippen LogP contribution is -2.29. The molecule has 1 rings (SSSR count). The molecule has 1 amide bonds. The average molecular weight is 274 g/mol. The number of amides is 1. The van der Waals surface area contributed by atoms with Crippen LogP contribution in [0.5, 0.6) is 0 Å². The monoisotopic (exact) mass is 273 g/mol. The van der Waals surface area contributed by atoms with E-state index in [0.717, 1.165) is 12.0 Å². The highest BCUT2D eigenvalue weighted by Crippen LogP contribution is 2.11. The van der Waals surface area contributed by atoms with Gasteiger partial charge in [-0.15, -0.1) is 11.6 Å². The number of nitrogens with one attached hydrogen (secondary N) is 1. The zero-order valence-corrected chi connectivity index (χ0v) is 11.4. The number of carbonyl (C=O) groups excluding carboxylic acids is 1. The molecular weight excluding hydrogens is 257 g/mol. The van der Waals surface area contributed by atoms with Crippen LogP contribution in [0.2, 0.25) is 5.02 Å². The molecule has 0 saturated heterocycles. The Morgan fingerprint density at radius 3 is 2.88 bits per heavy atom. The fraction of sp³-hybridized carbons (Fsp3) is 0.462. The van der Waals surface area contributed by atoms with Gasteiger partial charge in [-0.25, -0.2) is 0 Å². The maximum Gasteiger partial charge on any atom is 0.224 e. The van der Waals surface area contributed by atoms with Crippen LogP contribution >= 0.6 is 23.2 Å². The van der Waals surface area contributed by atoms with E-state index in [1.54, 1.807) is 6.07 Å². The third-order valence-corrected chi connectivity index (χ3v) is 2.96. The number of rotatable bonds is 6. The van der Waals surface area contributed by atoms with E-state index in [0.29, 0.717) is 29.8 Å². The smallest absolute Gasteiger partial charge is 0.224 e. The van der Waals surface area contributed by atoms with E-state index >= 15 is 0 Å². The second-order valence-corrected chi connectivity index (χ2v) is 5.01. The minimum absolute atomic E-state index is 0.0219. The number of alkyl halides is 1. The molecule has 0 saturated carbocycles. The van der Waals surface area contributed by atoms with Crippen LogP contribution in [0, 0.1) is 5.92 Å². The van der Waals surface area contributed by atoms with Crippen LogP contribution in [0.25, 0.3) is 0 Å². The first-order valence-corrected chi connectivity index (χ1v) is 6.60. The van der Waals surface area contributed by atoms with Crippen molar-refractivity contribution in [3.05, 3.63) is 34.9 Å². The molecule has 0 aliphatic heterocycles. The lowest BCUT2D eigenvalue weighted by atomic mass is 10.1. The van der Waals surface area contributed by atoms with Crippen LogP contribution in [0.1, 0.15) is 18.9 Å². The van der Waals surface area contributed by atoms with Gasteiger partial charge in [0, 0.05) is 17.4 Å². The summed E-state index contributed by atoms with van der Waals surface area (Å²) >= 11 is 11.5. The van der Waals surface area contributed by atoms with E-state index in [2.05, 4.69) is 12.2 Å². The molecule has 1 unspecified atom stereocenters. The lowest BCUT2D eigenvalue weighted by Gasteiger charge is -2.11. The van der Waals surface area contributed by atoms with Gasteiger partial charge in [0.25, 0.3) is 0 Å². The zero-order valence-electron chi connectivity index (χ0n) is 9.88. The van der Waals surface area contributed by atoms with Gasteiger partial charge >= 0.3 is 0 Å². The van der Waals surface area contributed by atoms with Gasteiger partial charge in [-0.2, -0.15) is 0 Å². The van der Waals surface area contributed by atoms with Gasteiger partial charge < -0.3 is 5.32 Å². The van der Waals surface area contributed by atoms with Gasteiger partial charge in [-0.05, 0) is 30.0 Å². The number of carbonyl (C=O) groups is 1. The Morgan fingerprint density at radius 2 is 2.24 bits per heavy atom. The summed E-state index contributed by atoms with van der Waals surface area (Å²) in [5.74, 6) is 1.07. The number of halogens is 2. The van der Waals surface area contributed by atoms with Crippen LogP contribution in [0.15, 0.2) is 24.3 Å². The normalized spacial score (nSPS) is 12.2. The molecule has 0 radical (unpaired) electrons. The summed E-state index contributed by atoms with van der Waals surface area (Å²) in [5, 5.41) is 3.55. The summed E-state index contributed by atoms with van der Waals surface area (Å²) in [5.41, 5.74) is 0.931. The van der Waals surface area contributed by atoms with E-state index in [1.807, 2.05) is 18.2 Å². The summed E-state index contributed by atoms with van der Waals surface area (Å²) in [6.07, 6.45) is 1.28. The molecule has 1 aromatic rings. The third kappa shape index (κ3) is 5.94. The molecule has 17 heavy (non-hydrogen) atoms. The van der Waals surface area contributed by atoms with Gasteiger partial charge in [0.1, 0.15) is 0 Å². The van der Waals surface area contributed by atoms with Crippen molar-refractivity contribution in [3.63, 3.8) is 0 Å². The Kier molecular flexibility index (Phi) is 6.38. The Labute approximate surface area is 112 Å². The van der Waals surface area contributed by atoms with Crippen LogP contribution in [0.3, 0.4) is 0 Å². The molecule has 0 aromatic heterocycles. The second-order valence-electron chi connectivity index (χ2n) is 4.19. The number of benzene rings is 1. The zero-order chi connectivity index (χ0) is 12.7. The van der Waals surface area contributed by atoms with Crippen LogP contribution < -0.4 is 5.32 Å². The van der Waals surface area contributed by atoms with Crippen molar-refractivity contribution in [1.29, 1.82) is 0 Å². The molecule has 0 bridgehead atoms. The lowest BCUT2D eigenvalue weighted by molar-refractivity contribution is -0.120. The molecular formula is C13H17Cl2NO. The van der Waals surface area contributed by atoms with Crippen molar-refractivity contribution in [2.24, 2.45) is 5.92 Å². The molecule has 0 spiro atoms. The Balaban J connectivity index is 2.34. The van der Waals surface area contributed by atoms with E-state index in [4.69, 9.17) is 23.2 Å². The molecule has 4 heteroatoms. The van der Waals surface area contributed by atoms with Crippen LogP contribution in [-0.4, -0.2) is 18.3 Å². The number of hydrogen-bond acceptors (Lipinski definition) is 1. The fourth-order valence-electron chi connectivity index (χ4n) is 1.47. The van der Waals surface area contributed by atoms with Gasteiger partial charge in [-0.1, -0.05) is 30.7 Å². The highest BCUT2D eigenvalue weighted by atomic mass is 35.5. The highest BCUT2D eigenvalue weighted by Gasteiger charge is 2.06. The highest BCUT2D eigenvalue weighted by molar-refractivity contribution is 6.30. The molecule has 0 heterocycles. The van der Waals surface area contributed by atoms with Crippen molar-refractivity contribution < 1.29 is 4.79 Å². The van der Waals surface area contributed by atoms with Crippen molar-refractivity contribution in [2.75, 3.05) is 12.4 Å². The summed E-state index contributed by atoms with van der Waals surface area (Å²) in [4.78, 5) is 11.6.